The molecule has 5 rings (SSSR count). The number of rotatable bonds is 4. The first kappa shape index (κ1) is 18.1. The highest BCUT2D eigenvalue weighted by molar-refractivity contribution is 7.13. The van der Waals surface area contributed by atoms with Gasteiger partial charge in [-0.1, -0.05) is 0 Å². The number of allylic oxidation sites excluding steroid dienone is 1. The van der Waals surface area contributed by atoms with Gasteiger partial charge in [0.25, 0.3) is 11.7 Å². The lowest BCUT2D eigenvalue weighted by Crippen LogP contribution is -2.53. The average Bonchev–Trinajstić information content (AvgIpc) is 3.48. The number of nitrogens with two attached hydrogens (primary N) is 1. The van der Waals surface area contributed by atoms with E-state index < -0.39 is 0 Å². The molecule has 1 fully saturated rings. The molecule has 0 aliphatic carbocycles. The van der Waals surface area contributed by atoms with Crippen molar-refractivity contribution in [3.8, 4) is 0 Å². The minimum Gasteiger partial charge on any atom is -0.308 e. The molecule has 0 spiro atoms. The first-order chi connectivity index (χ1) is 14.1. The smallest absolute Gasteiger partial charge is 0.264 e. The number of nitrogens with one attached hydrogen (secondary N) is 2. The number of fused-ring (bicyclic) bond motifs is 1. The third kappa shape index (κ3) is 3.14. The average molecular weight is 406 g/mol. The van der Waals surface area contributed by atoms with Gasteiger partial charge >= 0.3 is 0 Å². The lowest BCUT2D eigenvalue weighted by molar-refractivity contribution is -0.750. The SMILES string of the molecule is N[N+]12C=CN=CC1=C(C1CCCN1)N=C2c1ccc(C(=O)Nc2nccs2)cc1. The lowest BCUT2D eigenvalue weighted by atomic mass is 10.1. The molecule has 9 heteroatoms. The number of nitrogens with zero attached hydrogens (tertiary/aromatic N) is 4. The van der Waals surface area contributed by atoms with Crippen molar-refractivity contribution >= 4 is 34.4 Å². The van der Waals surface area contributed by atoms with Gasteiger partial charge in [-0.2, -0.15) is 10.8 Å². The summed E-state index contributed by atoms with van der Waals surface area (Å²) in [6.07, 6.45) is 9.12. The fourth-order valence-corrected chi connectivity index (χ4v) is 4.33. The van der Waals surface area contributed by atoms with E-state index in [-0.39, 0.29) is 16.5 Å². The van der Waals surface area contributed by atoms with Gasteiger partial charge in [0.15, 0.2) is 5.13 Å². The second kappa shape index (κ2) is 7.12. The molecule has 4 N–H and O–H groups in total. The van der Waals surface area contributed by atoms with Crippen molar-refractivity contribution in [2.45, 2.75) is 18.9 Å². The largest absolute Gasteiger partial charge is 0.308 e. The number of aliphatic imine (C=N–C) groups is 2. The lowest BCUT2D eigenvalue weighted by Gasteiger charge is -2.26. The number of amides is 1. The molecule has 8 nitrogen and oxygen atoms in total. The van der Waals surface area contributed by atoms with E-state index in [2.05, 4.69) is 20.6 Å². The Morgan fingerprint density at radius 2 is 2.17 bits per heavy atom. The molecule has 2 aromatic rings. The van der Waals surface area contributed by atoms with Crippen molar-refractivity contribution in [2.75, 3.05) is 11.9 Å². The van der Waals surface area contributed by atoms with Crippen molar-refractivity contribution < 1.29 is 9.39 Å². The van der Waals surface area contributed by atoms with Crippen LogP contribution in [0.1, 0.15) is 28.8 Å². The summed E-state index contributed by atoms with van der Waals surface area (Å²) in [5, 5.41) is 8.67. The first-order valence-electron chi connectivity index (χ1n) is 9.42. The Kier molecular flexibility index (Phi) is 4.44. The van der Waals surface area contributed by atoms with Gasteiger partial charge in [-0.15, -0.1) is 15.9 Å². The predicted octanol–water partition coefficient (Wildman–Crippen LogP) is 2.37. The minimum absolute atomic E-state index is 0.0122. The van der Waals surface area contributed by atoms with Gasteiger partial charge < -0.3 is 5.32 Å². The van der Waals surface area contributed by atoms with Gasteiger partial charge in [0, 0.05) is 17.1 Å². The number of aromatic nitrogens is 1. The van der Waals surface area contributed by atoms with Crippen LogP contribution < -0.4 is 16.5 Å². The summed E-state index contributed by atoms with van der Waals surface area (Å²) in [6.45, 7) is 0.979. The quantitative estimate of drug-likeness (QED) is 0.535. The molecule has 146 valence electrons. The van der Waals surface area contributed by atoms with Gasteiger partial charge in [-0.05, 0) is 43.7 Å². The maximum absolute atomic E-state index is 12.4. The van der Waals surface area contributed by atoms with Crippen LogP contribution in [0.5, 0.6) is 0 Å². The van der Waals surface area contributed by atoms with E-state index in [4.69, 9.17) is 10.8 Å². The van der Waals surface area contributed by atoms with E-state index in [1.807, 2.05) is 23.7 Å². The van der Waals surface area contributed by atoms with Gasteiger partial charge in [-0.3, -0.25) is 15.1 Å². The van der Waals surface area contributed by atoms with Crippen LogP contribution in [0, 0.1) is 0 Å². The monoisotopic (exact) mass is 406 g/mol. The molecular formula is C20H20N7OS+. The summed E-state index contributed by atoms with van der Waals surface area (Å²) >= 11 is 1.38. The Balaban J connectivity index is 1.44. The molecule has 1 amide bonds. The van der Waals surface area contributed by atoms with Crippen molar-refractivity contribution in [2.24, 2.45) is 15.8 Å². The number of quaternary nitrogens is 1. The fraction of sp³-hybridized carbons (Fsp3) is 0.200. The number of carbonyl (C=O) groups excluding carboxylic acids is 1. The van der Waals surface area contributed by atoms with Gasteiger partial charge in [0.05, 0.1) is 24.0 Å². The maximum Gasteiger partial charge on any atom is 0.264 e. The summed E-state index contributed by atoms with van der Waals surface area (Å²) < 4.78 is -0.0122. The Labute approximate surface area is 171 Å². The Morgan fingerprint density at radius 1 is 1.31 bits per heavy atom. The molecule has 2 atom stereocenters. The number of hydrogen-bond donors (Lipinski definition) is 3. The van der Waals surface area contributed by atoms with E-state index >= 15 is 0 Å². The highest BCUT2D eigenvalue weighted by Crippen LogP contribution is 2.34. The molecule has 4 heterocycles. The third-order valence-corrected chi connectivity index (χ3v) is 5.96. The highest BCUT2D eigenvalue weighted by atomic mass is 32.1. The summed E-state index contributed by atoms with van der Waals surface area (Å²) in [5.41, 5.74) is 3.24. The molecule has 1 aromatic heterocycles. The predicted molar refractivity (Wildman–Crippen MR) is 113 cm³/mol. The van der Waals surface area contributed by atoms with Crippen molar-refractivity contribution in [3.63, 3.8) is 0 Å². The number of thiazole rings is 1. The normalized spacial score (nSPS) is 25.3. The number of benzene rings is 1. The summed E-state index contributed by atoms with van der Waals surface area (Å²) in [7, 11) is 0. The van der Waals surface area contributed by atoms with E-state index in [1.54, 1.807) is 30.7 Å². The molecular weight excluding hydrogens is 386 g/mol. The van der Waals surface area contributed by atoms with Crippen LogP contribution in [0.4, 0.5) is 5.13 Å². The molecule has 0 saturated carbocycles. The van der Waals surface area contributed by atoms with Gasteiger partial charge in [-0.25, -0.2) is 4.98 Å². The van der Waals surface area contributed by atoms with Crippen LogP contribution in [0.15, 0.2) is 69.6 Å². The molecule has 3 aliphatic heterocycles. The van der Waals surface area contributed by atoms with E-state index in [0.717, 1.165) is 42.2 Å². The van der Waals surface area contributed by atoms with Crippen molar-refractivity contribution in [3.05, 3.63) is 70.8 Å². The van der Waals surface area contributed by atoms with Gasteiger partial charge in [0.2, 0.25) is 5.70 Å². The van der Waals surface area contributed by atoms with Crippen LogP contribution in [0.25, 0.3) is 0 Å². The molecule has 0 bridgehead atoms. The molecule has 0 radical (unpaired) electrons. The topological polar surface area (TPSA) is 105 Å². The molecule has 29 heavy (non-hydrogen) atoms. The molecule has 3 aliphatic rings. The van der Waals surface area contributed by atoms with Crippen LogP contribution in [0.2, 0.25) is 0 Å². The van der Waals surface area contributed by atoms with E-state index in [9.17, 15) is 4.79 Å². The fourth-order valence-electron chi connectivity index (χ4n) is 3.81. The van der Waals surface area contributed by atoms with E-state index in [1.165, 1.54) is 11.3 Å². The maximum atomic E-state index is 12.4. The zero-order chi connectivity index (χ0) is 19.8. The third-order valence-electron chi connectivity index (χ3n) is 5.27. The van der Waals surface area contributed by atoms with Crippen LogP contribution in [0.3, 0.4) is 0 Å². The number of anilines is 1. The van der Waals surface area contributed by atoms with Crippen LogP contribution in [-0.4, -0.2) is 40.1 Å². The molecule has 2 unspecified atom stereocenters. The standard InChI is InChI=1S/C20H19N7OS/c21-27-10-8-22-12-16(27)17(15-2-1-7-23-15)25-18(27)13-3-5-14(6-4-13)19(28)26-20-24-9-11-29-20/h3-6,8-12,15,23H,1-2,7,21H2/p+1. The Hall–Kier alpha value is -2.98. The number of hydrogen-bond acceptors (Lipinski definition) is 7. The molecule has 1 aromatic carbocycles. The van der Waals surface area contributed by atoms with Crippen molar-refractivity contribution in [1.29, 1.82) is 0 Å². The Bertz CT molecular complexity index is 1060. The van der Waals surface area contributed by atoms with E-state index in [0.29, 0.717) is 10.7 Å². The van der Waals surface area contributed by atoms with Crippen LogP contribution in [-0.2, 0) is 0 Å². The summed E-state index contributed by atoms with van der Waals surface area (Å²) in [5.74, 6) is 7.27. The Morgan fingerprint density at radius 3 is 2.90 bits per heavy atom. The number of amidine groups is 1. The minimum atomic E-state index is -0.198. The molecule has 1 saturated heterocycles. The first-order valence-corrected chi connectivity index (χ1v) is 10.3. The summed E-state index contributed by atoms with van der Waals surface area (Å²) in [4.78, 5) is 25.7. The second-order valence-corrected chi connectivity index (χ2v) is 7.97. The van der Waals surface area contributed by atoms with Gasteiger partial charge in [0.1, 0.15) is 11.9 Å². The second-order valence-electron chi connectivity index (χ2n) is 7.08. The highest BCUT2D eigenvalue weighted by Gasteiger charge is 2.46. The zero-order valence-electron chi connectivity index (χ0n) is 15.6. The van der Waals surface area contributed by atoms with Crippen molar-refractivity contribution in [1.82, 2.24) is 10.3 Å². The zero-order valence-corrected chi connectivity index (χ0v) is 16.4. The number of carbonyl (C=O) groups is 1. The summed E-state index contributed by atoms with van der Waals surface area (Å²) in [6, 6.07) is 7.50. The van der Waals surface area contributed by atoms with Crippen LogP contribution >= 0.6 is 11.3 Å².